The van der Waals surface area contributed by atoms with Gasteiger partial charge in [-0.2, -0.15) is 0 Å². The first kappa shape index (κ1) is 20.8. The first-order chi connectivity index (χ1) is 14.4. The quantitative estimate of drug-likeness (QED) is 0.607. The molecule has 0 unspecified atom stereocenters. The standard InChI is InChI=1S/C22H21N3O5/c1-13-14(2)24-20(23-13)15-8-10-16(11-9-15)21(27)30-12-19(26)25-18-7-5-4-6-17(18)22(28)29-3/h4-11H,12H2,1-3H3,(H,23,24)(H,25,26). The Morgan fingerprint density at radius 3 is 2.33 bits per heavy atom. The van der Waals surface area contributed by atoms with Crippen LogP contribution in [0.3, 0.4) is 0 Å². The lowest BCUT2D eigenvalue weighted by Crippen LogP contribution is -2.22. The van der Waals surface area contributed by atoms with Crippen LogP contribution in [0.4, 0.5) is 5.69 Å². The molecular formula is C22H21N3O5. The SMILES string of the molecule is COC(=O)c1ccccc1NC(=O)COC(=O)c1ccc(-c2nc(C)c(C)[nH]2)cc1. The summed E-state index contributed by atoms with van der Waals surface area (Å²) in [4.78, 5) is 43.7. The van der Waals surface area contributed by atoms with Gasteiger partial charge in [0.25, 0.3) is 5.91 Å². The molecule has 8 heteroatoms. The maximum atomic E-state index is 12.2. The number of para-hydroxylation sites is 1. The van der Waals surface area contributed by atoms with E-state index in [0.717, 1.165) is 17.0 Å². The summed E-state index contributed by atoms with van der Waals surface area (Å²) in [6.07, 6.45) is 0. The Labute approximate surface area is 173 Å². The van der Waals surface area contributed by atoms with Crippen LogP contribution in [0.25, 0.3) is 11.4 Å². The maximum Gasteiger partial charge on any atom is 0.339 e. The second kappa shape index (κ2) is 9.04. The van der Waals surface area contributed by atoms with Gasteiger partial charge in [-0.3, -0.25) is 4.79 Å². The number of aromatic nitrogens is 2. The van der Waals surface area contributed by atoms with Crippen molar-refractivity contribution >= 4 is 23.5 Å². The highest BCUT2D eigenvalue weighted by molar-refractivity contribution is 6.02. The predicted octanol–water partition coefficient (Wildman–Crippen LogP) is 3.28. The smallest absolute Gasteiger partial charge is 0.339 e. The van der Waals surface area contributed by atoms with Crippen LogP contribution >= 0.6 is 0 Å². The van der Waals surface area contributed by atoms with Gasteiger partial charge >= 0.3 is 11.9 Å². The second-order valence-electron chi connectivity index (χ2n) is 6.53. The summed E-state index contributed by atoms with van der Waals surface area (Å²) in [7, 11) is 1.25. The normalized spacial score (nSPS) is 10.4. The third-order valence-electron chi connectivity index (χ3n) is 4.46. The molecule has 0 fully saturated rings. The third-order valence-corrected chi connectivity index (χ3v) is 4.46. The molecule has 0 atom stereocenters. The molecule has 0 saturated heterocycles. The highest BCUT2D eigenvalue weighted by Crippen LogP contribution is 2.19. The fraction of sp³-hybridized carbons (Fsp3) is 0.182. The highest BCUT2D eigenvalue weighted by Gasteiger charge is 2.15. The van der Waals surface area contributed by atoms with Crippen molar-refractivity contribution < 1.29 is 23.9 Å². The summed E-state index contributed by atoms with van der Waals surface area (Å²) in [5, 5.41) is 2.54. The van der Waals surface area contributed by atoms with E-state index in [-0.39, 0.29) is 11.3 Å². The number of carbonyl (C=O) groups excluding carboxylic acids is 3. The van der Waals surface area contributed by atoms with Gasteiger partial charge in [0.05, 0.1) is 29.6 Å². The van der Waals surface area contributed by atoms with Crippen molar-refractivity contribution in [1.29, 1.82) is 0 Å². The van der Waals surface area contributed by atoms with E-state index in [1.54, 1.807) is 42.5 Å². The summed E-state index contributed by atoms with van der Waals surface area (Å²) in [5.74, 6) is -1.07. The number of anilines is 1. The fourth-order valence-electron chi connectivity index (χ4n) is 2.73. The second-order valence-corrected chi connectivity index (χ2v) is 6.53. The molecule has 0 bridgehead atoms. The van der Waals surface area contributed by atoms with Crippen LogP contribution in [0.2, 0.25) is 0 Å². The Hall–Kier alpha value is -3.94. The molecule has 2 N–H and O–H groups in total. The zero-order valence-corrected chi connectivity index (χ0v) is 16.8. The Kier molecular flexibility index (Phi) is 6.26. The molecule has 154 valence electrons. The number of ether oxygens (including phenoxy) is 2. The monoisotopic (exact) mass is 407 g/mol. The van der Waals surface area contributed by atoms with Crippen LogP contribution in [0.15, 0.2) is 48.5 Å². The van der Waals surface area contributed by atoms with Gasteiger partial charge in [0.2, 0.25) is 0 Å². The van der Waals surface area contributed by atoms with Gasteiger partial charge in [0.15, 0.2) is 6.61 Å². The molecule has 8 nitrogen and oxygen atoms in total. The number of nitrogens with zero attached hydrogens (tertiary/aromatic N) is 1. The van der Waals surface area contributed by atoms with Crippen molar-refractivity contribution in [3.05, 3.63) is 71.0 Å². The highest BCUT2D eigenvalue weighted by atomic mass is 16.5. The van der Waals surface area contributed by atoms with Gasteiger partial charge in [-0.25, -0.2) is 14.6 Å². The molecule has 1 amide bonds. The fourth-order valence-corrected chi connectivity index (χ4v) is 2.73. The summed E-state index contributed by atoms with van der Waals surface area (Å²) >= 11 is 0. The van der Waals surface area contributed by atoms with E-state index >= 15 is 0 Å². The van der Waals surface area contributed by atoms with E-state index in [2.05, 4.69) is 20.0 Å². The Balaban J connectivity index is 1.59. The molecule has 1 aromatic heterocycles. The molecule has 0 aliphatic rings. The summed E-state index contributed by atoms with van der Waals surface area (Å²) in [5.41, 5.74) is 3.51. The molecular weight excluding hydrogens is 386 g/mol. The molecule has 3 rings (SSSR count). The number of methoxy groups -OCH3 is 1. The van der Waals surface area contributed by atoms with Gasteiger partial charge in [-0.15, -0.1) is 0 Å². The number of aryl methyl sites for hydroxylation is 2. The van der Waals surface area contributed by atoms with E-state index < -0.39 is 24.5 Å². The van der Waals surface area contributed by atoms with Gasteiger partial charge < -0.3 is 19.8 Å². The van der Waals surface area contributed by atoms with Crippen molar-refractivity contribution in [1.82, 2.24) is 9.97 Å². The van der Waals surface area contributed by atoms with E-state index in [9.17, 15) is 14.4 Å². The van der Waals surface area contributed by atoms with Crippen LogP contribution in [0.5, 0.6) is 0 Å². The summed E-state index contributed by atoms with van der Waals surface area (Å²) in [6, 6.07) is 13.1. The van der Waals surface area contributed by atoms with Crippen molar-refractivity contribution in [2.75, 3.05) is 19.0 Å². The number of amides is 1. The molecule has 1 heterocycles. The van der Waals surface area contributed by atoms with Crippen LogP contribution in [-0.4, -0.2) is 41.5 Å². The van der Waals surface area contributed by atoms with E-state index in [4.69, 9.17) is 4.74 Å². The van der Waals surface area contributed by atoms with Crippen molar-refractivity contribution in [3.63, 3.8) is 0 Å². The minimum absolute atomic E-state index is 0.207. The van der Waals surface area contributed by atoms with Gasteiger partial charge in [0, 0.05) is 11.3 Å². The van der Waals surface area contributed by atoms with Crippen molar-refractivity contribution in [3.8, 4) is 11.4 Å². The first-order valence-electron chi connectivity index (χ1n) is 9.17. The number of H-pyrrole nitrogens is 1. The number of hydrogen-bond donors (Lipinski definition) is 2. The number of benzene rings is 2. The van der Waals surface area contributed by atoms with Crippen LogP contribution in [0.1, 0.15) is 32.1 Å². The largest absolute Gasteiger partial charge is 0.465 e. The van der Waals surface area contributed by atoms with Gasteiger partial charge in [-0.05, 0) is 38.1 Å². The van der Waals surface area contributed by atoms with Crippen molar-refractivity contribution in [2.45, 2.75) is 13.8 Å². The van der Waals surface area contributed by atoms with Crippen LogP contribution in [0, 0.1) is 13.8 Å². The van der Waals surface area contributed by atoms with Crippen molar-refractivity contribution in [2.24, 2.45) is 0 Å². The minimum atomic E-state index is -0.634. The average molecular weight is 407 g/mol. The number of nitrogens with one attached hydrogen (secondary N) is 2. The molecule has 0 aliphatic carbocycles. The molecule has 0 saturated carbocycles. The van der Waals surface area contributed by atoms with Crippen LogP contribution < -0.4 is 5.32 Å². The minimum Gasteiger partial charge on any atom is -0.465 e. The maximum absolute atomic E-state index is 12.2. The number of carbonyl (C=O) groups is 3. The lowest BCUT2D eigenvalue weighted by Gasteiger charge is -2.10. The Morgan fingerprint density at radius 2 is 1.70 bits per heavy atom. The molecule has 0 aliphatic heterocycles. The molecule has 2 aromatic carbocycles. The molecule has 30 heavy (non-hydrogen) atoms. The Morgan fingerprint density at radius 1 is 1.00 bits per heavy atom. The summed E-state index contributed by atoms with van der Waals surface area (Å²) in [6.45, 7) is 3.36. The summed E-state index contributed by atoms with van der Waals surface area (Å²) < 4.78 is 9.75. The Bertz CT molecular complexity index is 1070. The predicted molar refractivity (Wildman–Crippen MR) is 110 cm³/mol. The molecule has 0 spiro atoms. The zero-order valence-electron chi connectivity index (χ0n) is 16.8. The topological polar surface area (TPSA) is 110 Å². The van der Waals surface area contributed by atoms with Gasteiger partial charge in [0.1, 0.15) is 5.82 Å². The number of rotatable bonds is 6. The number of aromatic amines is 1. The first-order valence-corrected chi connectivity index (χ1v) is 9.17. The van der Waals surface area contributed by atoms with E-state index in [0.29, 0.717) is 11.4 Å². The number of hydrogen-bond acceptors (Lipinski definition) is 6. The third kappa shape index (κ3) is 4.72. The lowest BCUT2D eigenvalue weighted by atomic mass is 10.1. The van der Waals surface area contributed by atoms with E-state index in [1.807, 2.05) is 13.8 Å². The molecule has 3 aromatic rings. The number of esters is 2. The number of imidazole rings is 1. The van der Waals surface area contributed by atoms with Gasteiger partial charge in [-0.1, -0.05) is 24.3 Å². The van der Waals surface area contributed by atoms with Crippen LogP contribution in [-0.2, 0) is 14.3 Å². The average Bonchev–Trinajstić information content (AvgIpc) is 3.10. The molecule has 0 radical (unpaired) electrons. The zero-order chi connectivity index (χ0) is 21.7. The lowest BCUT2D eigenvalue weighted by molar-refractivity contribution is -0.119. The van der Waals surface area contributed by atoms with E-state index in [1.165, 1.54) is 13.2 Å².